The summed E-state index contributed by atoms with van der Waals surface area (Å²) < 4.78 is 36.9. The molecule has 3 heterocycles. The average molecular weight is 466 g/mol. The highest BCUT2D eigenvalue weighted by atomic mass is 19.1. The molecule has 0 atom stereocenters. The lowest BCUT2D eigenvalue weighted by atomic mass is 9.86. The third-order valence-corrected chi connectivity index (χ3v) is 6.75. The van der Waals surface area contributed by atoms with Crippen LogP contribution < -0.4 is 0 Å². The Kier molecular flexibility index (Phi) is 5.46. The van der Waals surface area contributed by atoms with Gasteiger partial charge in [-0.3, -0.25) is 4.98 Å². The fraction of sp³-hybridized carbons (Fsp3) is 0.346. The molecular formula is C26H25F2N3O3. The van der Waals surface area contributed by atoms with Gasteiger partial charge in [0.25, 0.3) is 0 Å². The van der Waals surface area contributed by atoms with Gasteiger partial charge in [-0.15, -0.1) is 0 Å². The lowest BCUT2D eigenvalue weighted by Crippen LogP contribution is -2.31. The number of fused-ring (bicyclic) bond motifs is 1. The van der Waals surface area contributed by atoms with Crippen LogP contribution in [0.2, 0.25) is 0 Å². The van der Waals surface area contributed by atoms with Gasteiger partial charge in [-0.1, -0.05) is 30.5 Å². The molecule has 0 bridgehead atoms. The molecule has 1 aliphatic carbocycles. The van der Waals surface area contributed by atoms with Crippen LogP contribution in [0.3, 0.4) is 0 Å². The minimum Gasteiger partial charge on any atom is -0.478 e. The van der Waals surface area contributed by atoms with Crippen LogP contribution in [0.25, 0.3) is 33.3 Å². The van der Waals surface area contributed by atoms with Crippen LogP contribution in [0.4, 0.5) is 8.78 Å². The number of hydrogen-bond donors (Lipinski definition) is 1. The third-order valence-electron chi connectivity index (χ3n) is 6.75. The molecule has 1 N–H and O–H groups in total. The van der Waals surface area contributed by atoms with Gasteiger partial charge in [0.1, 0.15) is 17.2 Å². The van der Waals surface area contributed by atoms with E-state index in [2.05, 4.69) is 10.1 Å². The molecule has 5 rings (SSSR count). The standard InChI is InChI=1S/C26H25F2N3O3/c1-15-23(16(2)34-30-15)18-11-22-24(29-12-18)20(17-6-7-21(27)19(10-17)25(32)33)13-31(22)14-26(28)8-4-3-5-9-26/h6-7,10-13H,3-5,8-9,14H2,1-2H3,(H,32,33). The number of carboxylic acid groups (broad SMARTS) is 1. The summed E-state index contributed by atoms with van der Waals surface area (Å²) in [5, 5.41) is 13.4. The summed E-state index contributed by atoms with van der Waals surface area (Å²) in [5.41, 5.74) is 3.09. The van der Waals surface area contributed by atoms with Crippen molar-refractivity contribution in [2.45, 2.75) is 58.2 Å². The number of aryl methyl sites for hydroxylation is 2. The predicted molar refractivity (Wildman–Crippen MR) is 124 cm³/mol. The maximum absolute atomic E-state index is 15.7. The fourth-order valence-corrected chi connectivity index (χ4v) is 5.05. The van der Waals surface area contributed by atoms with Gasteiger partial charge in [0.05, 0.1) is 28.8 Å². The van der Waals surface area contributed by atoms with Crippen molar-refractivity contribution in [1.82, 2.24) is 14.7 Å². The van der Waals surface area contributed by atoms with Crippen molar-refractivity contribution in [2.24, 2.45) is 0 Å². The topological polar surface area (TPSA) is 81.2 Å². The maximum Gasteiger partial charge on any atom is 0.338 e. The van der Waals surface area contributed by atoms with Crippen LogP contribution >= 0.6 is 0 Å². The summed E-state index contributed by atoms with van der Waals surface area (Å²) in [6.07, 6.45) is 7.24. The second-order valence-electron chi connectivity index (χ2n) is 9.17. The van der Waals surface area contributed by atoms with Gasteiger partial charge in [-0.05, 0) is 50.5 Å². The van der Waals surface area contributed by atoms with Gasteiger partial charge >= 0.3 is 5.97 Å². The quantitative estimate of drug-likeness (QED) is 0.365. The Morgan fingerprint density at radius 1 is 1.18 bits per heavy atom. The number of nitrogens with zero attached hydrogens (tertiary/aromatic N) is 3. The number of rotatable bonds is 5. The lowest BCUT2D eigenvalue weighted by molar-refractivity contribution is 0.0691. The zero-order chi connectivity index (χ0) is 24.0. The molecule has 1 aliphatic rings. The fourth-order valence-electron chi connectivity index (χ4n) is 5.05. The number of aromatic carboxylic acids is 1. The number of carbonyl (C=O) groups is 1. The summed E-state index contributed by atoms with van der Waals surface area (Å²) >= 11 is 0. The van der Waals surface area contributed by atoms with E-state index in [-0.39, 0.29) is 6.54 Å². The Morgan fingerprint density at radius 2 is 1.94 bits per heavy atom. The second kappa shape index (κ2) is 8.34. The molecule has 6 nitrogen and oxygen atoms in total. The van der Waals surface area contributed by atoms with Gasteiger partial charge in [-0.25, -0.2) is 13.6 Å². The van der Waals surface area contributed by atoms with E-state index in [4.69, 9.17) is 4.52 Å². The Balaban J connectivity index is 1.69. The van der Waals surface area contributed by atoms with Crippen LogP contribution in [0.5, 0.6) is 0 Å². The maximum atomic E-state index is 15.7. The van der Waals surface area contributed by atoms with E-state index in [0.29, 0.717) is 35.2 Å². The van der Waals surface area contributed by atoms with E-state index in [1.807, 2.05) is 24.5 Å². The van der Waals surface area contributed by atoms with Gasteiger partial charge in [0.2, 0.25) is 0 Å². The van der Waals surface area contributed by atoms with Crippen molar-refractivity contribution in [3.63, 3.8) is 0 Å². The number of benzene rings is 1. The monoisotopic (exact) mass is 465 g/mol. The largest absolute Gasteiger partial charge is 0.478 e. The van der Waals surface area contributed by atoms with Gasteiger partial charge in [-0.2, -0.15) is 0 Å². The lowest BCUT2D eigenvalue weighted by Gasteiger charge is -2.30. The molecule has 8 heteroatoms. The van der Waals surface area contributed by atoms with Gasteiger partial charge < -0.3 is 14.2 Å². The van der Waals surface area contributed by atoms with Crippen LogP contribution in [-0.4, -0.2) is 31.5 Å². The SMILES string of the molecule is Cc1noc(C)c1-c1cnc2c(-c3ccc(F)c(C(=O)O)c3)cn(CC3(F)CCCCC3)c2c1. The molecule has 1 saturated carbocycles. The minimum absolute atomic E-state index is 0.170. The van der Waals surface area contributed by atoms with Crippen molar-refractivity contribution >= 4 is 17.0 Å². The first-order valence-corrected chi connectivity index (χ1v) is 11.4. The first kappa shape index (κ1) is 22.3. The average Bonchev–Trinajstić information content (AvgIpc) is 3.33. The molecule has 34 heavy (non-hydrogen) atoms. The Morgan fingerprint density at radius 3 is 2.62 bits per heavy atom. The first-order valence-electron chi connectivity index (χ1n) is 11.4. The summed E-state index contributed by atoms with van der Waals surface area (Å²) in [7, 11) is 0. The molecule has 1 aromatic carbocycles. The number of hydrogen-bond acceptors (Lipinski definition) is 4. The highest BCUT2D eigenvalue weighted by Crippen LogP contribution is 2.38. The Hall–Kier alpha value is -3.55. The molecule has 0 radical (unpaired) electrons. The summed E-state index contributed by atoms with van der Waals surface area (Å²) in [6.45, 7) is 3.85. The van der Waals surface area contributed by atoms with Crippen molar-refractivity contribution < 1.29 is 23.2 Å². The van der Waals surface area contributed by atoms with E-state index in [1.54, 1.807) is 12.4 Å². The van der Waals surface area contributed by atoms with Gasteiger partial charge in [0.15, 0.2) is 0 Å². The zero-order valence-electron chi connectivity index (χ0n) is 19.1. The third kappa shape index (κ3) is 3.87. The molecule has 176 valence electrons. The van der Waals surface area contributed by atoms with Crippen molar-refractivity contribution in [3.05, 3.63) is 59.5 Å². The summed E-state index contributed by atoms with van der Waals surface area (Å²) in [6, 6.07) is 5.90. The number of alkyl halides is 1. The normalized spacial score (nSPS) is 15.6. The van der Waals surface area contributed by atoms with Crippen LogP contribution in [0, 0.1) is 19.7 Å². The number of carboxylic acids is 1. The van der Waals surface area contributed by atoms with E-state index in [1.165, 1.54) is 12.1 Å². The van der Waals surface area contributed by atoms with E-state index >= 15 is 4.39 Å². The van der Waals surface area contributed by atoms with E-state index < -0.39 is 23.0 Å². The van der Waals surface area contributed by atoms with Gasteiger partial charge in [0, 0.05) is 29.1 Å². The predicted octanol–water partition coefficient (Wildman–Crippen LogP) is 6.48. The number of pyridine rings is 1. The van der Waals surface area contributed by atoms with E-state index in [0.717, 1.165) is 47.7 Å². The highest BCUT2D eigenvalue weighted by Gasteiger charge is 2.33. The summed E-state index contributed by atoms with van der Waals surface area (Å²) in [4.78, 5) is 16.2. The molecule has 0 aliphatic heterocycles. The molecule has 0 saturated heterocycles. The van der Waals surface area contributed by atoms with Crippen molar-refractivity contribution in [1.29, 1.82) is 0 Å². The molecule has 0 unspecified atom stereocenters. The van der Waals surface area contributed by atoms with Crippen molar-refractivity contribution in [2.75, 3.05) is 0 Å². The molecule has 1 fully saturated rings. The Labute approximate surface area is 195 Å². The van der Waals surface area contributed by atoms with Crippen LogP contribution in [0.15, 0.2) is 41.2 Å². The highest BCUT2D eigenvalue weighted by molar-refractivity contribution is 5.97. The smallest absolute Gasteiger partial charge is 0.338 e. The second-order valence-corrected chi connectivity index (χ2v) is 9.17. The molecular weight excluding hydrogens is 440 g/mol. The molecule has 0 spiro atoms. The van der Waals surface area contributed by atoms with Crippen LogP contribution in [-0.2, 0) is 6.54 Å². The molecule has 3 aromatic heterocycles. The minimum atomic E-state index is -1.35. The van der Waals surface area contributed by atoms with Crippen molar-refractivity contribution in [3.8, 4) is 22.3 Å². The Bertz CT molecular complexity index is 1380. The summed E-state index contributed by atoms with van der Waals surface area (Å²) in [5.74, 6) is -1.49. The first-order chi connectivity index (χ1) is 16.3. The number of aromatic nitrogens is 3. The zero-order valence-corrected chi connectivity index (χ0v) is 19.1. The van der Waals surface area contributed by atoms with Crippen LogP contribution in [0.1, 0.15) is 53.9 Å². The number of halogens is 2. The molecule has 4 aromatic rings. The molecule has 0 amide bonds. The van der Waals surface area contributed by atoms with E-state index in [9.17, 15) is 14.3 Å².